The molecule has 0 unspecified atom stereocenters. The van der Waals surface area contributed by atoms with Gasteiger partial charge in [-0.2, -0.15) is 0 Å². The number of halogens is 5. The van der Waals surface area contributed by atoms with Crippen molar-refractivity contribution in [1.29, 1.82) is 0 Å². The summed E-state index contributed by atoms with van der Waals surface area (Å²) in [6, 6.07) is 6.93. The van der Waals surface area contributed by atoms with Gasteiger partial charge in [-0.3, -0.25) is 0 Å². The van der Waals surface area contributed by atoms with Crippen LogP contribution in [-0.2, 0) is 0 Å². The van der Waals surface area contributed by atoms with E-state index in [1.807, 2.05) is 0 Å². The zero-order valence-corrected chi connectivity index (χ0v) is 11.4. The first kappa shape index (κ1) is 14.0. The average Bonchev–Trinajstić information content (AvgIpc) is 2.81. The predicted octanol–water partition coefficient (Wildman–Crippen LogP) is 5.57. The van der Waals surface area contributed by atoms with Crippen molar-refractivity contribution in [2.45, 2.75) is 6.92 Å². The quantitative estimate of drug-likeness (QED) is 0.313. The molecule has 1 heterocycles. The summed E-state index contributed by atoms with van der Waals surface area (Å²) >= 11 is 0.993. The fourth-order valence-electron chi connectivity index (χ4n) is 2.22. The molecule has 0 atom stereocenters. The molecule has 1 aromatic heterocycles. The third-order valence-electron chi connectivity index (χ3n) is 3.28. The first-order valence-electron chi connectivity index (χ1n) is 5.93. The smallest absolute Gasteiger partial charge is 0.200 e. The van der Waals surface area contributed by atoms with Gasteiger partial charge in [0.1, 0.15) is 0 Å². The van der Waals surface area contributed by atoms with Gasteiger partial charge in [0.15, 0.2) is 23.3 Å². The van der Waals surface area contributed by atoms with Gasteiger partial charge in [-0.05, 0) is 23.9 Å². The highest BCUT2D eigenvalue weighted by atomic mass is 32.1. The maximum atomic E-state index is 13.9. The van der Waals surface area contributed by atoms with E-state index in [0.717, 1.165) is 16.7 Å². The molecule has 108 valence electrons. The van der Waals surface area contributed by atoms with Crippen molar-refractivity contribution in [3.05, 3.63) is 58.9 Å². The molecule has 0 saturated carbocycles. The van der Waals surface area contributed by atoms with Crippen molar-refractivity contribution < 1.29 is 22.0 Å². The van der Waals surface area contributed by atoms with Crippen LogP contribution in [0.15, 0.2) is 24.3 Å². The second-order valence-corrected chi connectivity index (χ2v) is 5.55. The zero-order chi connectivity index (χ0) is 15.3. The summed E-state index contributed by atoms with van der Waals surface area (Å²) in [5.41, 5.74) is -0.385. The van der Waals surface area contributed by atoms with Crippen molar-refractivity contribution in [3.63, 3.8) is 0 Å². The van der Waals surface area contributed by atoms with Gasteiger partial charge in [0.2, 0.25) is 5.82 Å². The molecule has 3 rings (SSSR count). The van der Waals surface area contributed by atoms with E-state index in [1.165, 1.54) is 0 Å². The lowest BCUT2D eigenvalue weighted by Crippen LogP contribution is -2.03. The molecule has 0 aliphatic heterocycles. The van der Waals surface area contributed by atoms with Crippen LogP contribution in [0.5, 0.6) is 0 Å². The summed E-state index contributed by atoms with van der Waals surface area (Å²) in [7, 11) is 0. The highest BCUT2D eigenvalue weighted by Crippen LogP contribution is 2.41. The Hall–Kier alpha value is -1.95. The summed E-state index contributed by atoms with van der Waals surface area (Å²) in [6.07, 6.45) is 0. The highest BCUT2D eigenvalue weighted by molar-refractivity contribution is 7.22. The number of benzene rings is 2. The molecular formula is C15H7F5S. The molecule has 6 heteroatoms. The number of aryl methyl sites for hydroxylation is 1. The first-order chi connectivity index (χ1) is 9.93. The van der Waals surface area contributed by atoms with Crippen LogP contribution in [0, 0.1) is 36.0 Å². The van der Waals surface area contributed by atoms with Crippen molar-refractivity contribution in [2.24, 2.45) is 0 Å². The van der Waals surface area contributed by atoms with Crippen LogP contribution in [-0.4, -0.2) is 0 Å². The SMILES string of the molecule is Cc1c(-c2c(F)c(F)c(F)c(F)c2F)sc2ccccc12. The lowest BCUT2D eigenvalue weighted by atomic mass is 10.1. The number of rotatable bonds is 1. The Balaban J connectivity index is 2.41. The van der Waals surface area contributed by atoms with Crippen LogP contribution in [0.3, 0.4) is 0 Å². The Morgan fingerprint density at radius 2 is 1.29 bits per heavy atom. The van der Waals surface area contributed by atoms with Crippen LogP contribution in [0.25, 0.3) is 20.5 Å². The van der Waals surface area contributed by atoms with Gasteiger partial charge in [0.25, 0.3) is 0 Å². The average molecular weight is 314 g/mol. The van der Waals surface area contributed by atoms with E-state index in [1.54, 1.807) is 31.2 Å². The predicted molar refractivity (Wildman–Crippen MR) is 71.8 cm³/mol. The second kappa shape index (κ2) is 4.80. The minimum absolute atomic E-state index is 0.0454. The Morgan fingerprint density at radius 3 is 1.86 bits per heavy atom. The Bertz CT molecular complexity index is 837. The first-order valence-corrected chi connectivity index (χ1v) is 6.75. The van der Waals surface area contributed by atoms with Crippen LogP contribution in [0.2, 0.25) is 0 Å². The molecule has 0 fully saturated rings. The Labute approximate surface area is 120 Å². The molecular weight excluding hydrogens is 307 g/mol. The molecule has 21 heavy (non-hydrogen) atoms. The molecule has 0 spiro atoms. The minimum atomic E-state index is -2.15. The van der Waals surface area contributed by atoms with Crippen molar-refractivity contribution in [2.75, 3.05) is 0 Å². The van der Waals surface area contributed by atoms with Crippen LogP contribution in [0.1, 0.15) is 5.56 Å². The van der Waals surface area contributed by atoms with Crippen LogP contribution >= 0.6 is 11.3 Å². The van der Waals surface area contributed by atoms with E-state index < -0.39 is 34.6 Å². The normalized spacial score (nSPS) is 11.3. The molecule has 2 aromatic carbocycles. The van der Waals surface area contributed by atoms with E-state index >= 15 is 0 Å². The molecule has 0 bridgehead atoms. The van der Waals surface area contributed by atoms with E-state index in [0.29, 0.717) is 10.3 Å². The Morgan fingerprint density at radius 1 is 0.762 bits per heavy atom. The number of thiophene rings is 1. The summed E-state index contributed by atoms with van der Waals surface area (Å²) in [6.45, 7) is 1.59. The van der Waals surface area contributed by atoms with Gasteiger partial charge in [-0.15, -0.1) is 11.3 Å². The fraction of sp³-hybridized carbons (Fsp3) is 0.0667. The topological polar surface area (TPSA) is 0 Å². The summed E-state index contributed by atoms with van der Waals surface area (Å²) < 4.78 is 68.2. The molecule has 3 aromatic rings. The van der Waals surface area contributed by atoms with E-state index in [2.05, 4.69) is 0 Å². The molecule has 0 aliphatic carbocycles. The number of hydrogen-bond acceptors (Lipinski definition) is 1. The summed E-state index contributed by atoms with van der Waals surface area (Å²) in [5.74, 6) is -9.61. The maximum absolute atomic E-state index is 13.9. The molecule has 0 saturated heterocycles. The maximum Gasteiger partial charge on any atom is 0.200 e. The zero-order valence-electron chi connectivity index (χ0n) is 10.6. The van der Waals surface area contributed by atoms with Gasteiger partial charge in [-0.1, -0.05) is 18.2 Å². The standard InChI is InChI=1S/C15H7F5S/c1-6-7-4-2-3-5-8(7)21-15(6)9-10(16)12(18)14(20)13(19)11(9)17/h2-5H,1H3. The molecule has 0 nitrogen and oxygen atoms in total. The molecule has 0 aliphatic rings. The second-order valence-electron chi connectivity index (χ2n) is 4.50. The van der Waals surface area contributed by atoms with E-state index in [4.69, 9.17) is 0 Å². The van der Waals surface area contributed by atoms with Crippen molar-refractivity contribution >= 4 is 21.4 Å². The fourth-order valence-corrected chi connectivity index (χ4v) is 3.46. The minimum Gasteiger partial charge on any atom is -0.203 e. The largest absolute Gasteiger partial charge is 0.203 e. The van der Waals surface area contributed by atoms with Gasteiger partial charge < -0.3 is 0 Å². The van der Waals surface area contributed by atoms with Crippen LogP contribution < -0.4 is 0 Å². The number of hydrogen-bond donors (Lipinski definition) is 0. The summed E-state index contributed by atoms with van der Waals surface area (Å²) in [4.78, 5) is 0.0454. The lowest BCUT2D eigenvalue weighted by molar-refractivity contribution is 0.381. The highest BCUT2D eigenvalue weighted by Gasteiger charge is 2.28. The third kappa shape index (κ3) is 1.93. The summed E-state index contributed by atoms with van der Waals surface area (Å²) in [5, 5.41) is 0.724. The lowest BCUT2D eigenvalue weighted by Gasteiger charge is -2.07. The monoisotopic (exact) mass is 314 g/mol. The van der Waals surface area contributed by atoms with E-state index in [9.17, 15) is 22.0 Å². The third-order valence-corrected chi connectivity index (χ3v) is 4.57. The molecule has 0 radical (unpaired) electrons. The van der Waals surface area contributed by atoms with E-state index in [-0.39, 0.29) is 4.88 Å². The van der Waals surface area contributed by atoms with Crippen molar-refractivity contribution in [1.82, 2.24) is 0 Å². The van der Waals surface area contributed by atoms with Crippen molar-refractivity contribution in [3.8, 4) is 10.4 Å². The number of fused-ring (bicyclic) bond motifs is 1. The van der Waals surface area contributed by atoms with Crippen LogP contribution in [0.4, 0.5) is 22.0 Å². The molecule has 0 N–H and O–H groups in total. The van der Waals surface area contributed by atoms with Gasteiger partial charge >= 0.3 is 0 Å². The Kier molecular flexibility index (Phi) is 3.20. The van der Waals surface area contributed by atoms with Gasteiger partial charge in [0.05, 0.1) is 5.56 Å². The molecule has 0 amide bonds. The van der Waals surface area contributed by atoms with Gasteiger partial charge in [0, 0.05) is 9.58 Å². The van der Waals surface area contributed by atoms with Gasteiger partial charge in [-0.25, -0.2) is 22.0 Å².